The van der Waals surface area contributed by atoms with Crippen molar-refractivity contribution in [2.45, 2.75) is 43.1 Å². The summed E-state index contributed by atoms with van der Waals surface area (Å²) in [4.78, 5) is 60.6. The fraction of sp³-hybridized carbons (Fsp3) is 0.261. The third-order valence-corrected chi connectivity index (χ3v) is 11.7. The number of pyridine rings is 2. The molecule has 2 saturated carbocycles. The molecule has 2 aromatic carbocycles. The Morgan fingerprint density at radius 1 is 0.726 bits per heavy atom. The van der Waals surface area contributed by atoms with E-state index in [1.54, 1.807) is 77.8 Å². The van der Waals surface area contributed by atoms with Gasteiger partial charge in [0.1, 0.15) is 11.6 Å². The number of nitrogens with zero attached hydrogens (tertiary/aromatic N) is 6. The number of hydrogen-bond donors (Lipinski definition) is 3. The van der Waals surface area contributed by atoms with Crippen LogP contribution in [0.15, 0.2) is 97.3 Å². The number of rotatable bonds is 5. The molecule has 2 aliphatic carbocycles. The van der Waals surface area contributed by atoms with Gasteiger partial charge >= 0.3 is 30.8 Å². The summed E-state index contributed by atoms with van der Waals surface area (Å²) in [6, 6.07) is 25.5. The van der Waals surface area contributed by atoms with E-state index in [4.69, 9.17) is 4.74 Å². The minimum Gasteiger partial charge on any atom is -0.870 e. The first kappa shape index (κ1) is 43.4. The Kier molecular flexibility index (Phi) is 11.4. The van der Waals surface area contributed by atoms with Crippen LogP contribution in [0.2, 0.25) is 0 Å². The smallest absolute Gasteiger partial charge is 0.870 e. The first-order chi connectivity index (χ1) is 28.8. The molecule has 6 heterocycles. The number of fused-ring (bicyclic) bond motifs is 4. The Bertz CT molecular complexity index is 2940. The number of hydrogen-bond acceptors (Lipinski definition) is 10. The Hall–Kier alpha value is -6.70. The Morgan fingerprint density at radius 2 is 1.18 bits per heavy atom. The maximum Gasteiger partial charge on any atom is 1.00 e. The van der Waals surface area contributed by atoms with Crippen molar-refractivity contribution in [2.24, 2.45) is 11.8 Å². The summed E-state index contributed by atoms with van der Waals surface area (Å²) in [5, 5.41) is 31.0. The van der Waals surface area contributed by atoms with Crippen molar-refractivity contribution in [1.82, 2.24) is 28.6 Å². The molecule has 2 aliphatic heterocycles. The van der Waals surface area contributed by atoms with Gasteiger partial charge in [0, 0.05) is 72.7 Å². The number of carbonyl (C=O) groups is 4. The van der Waals surface area contributed by atoms with E-state index in [-0.39, 0.29) is 78.1 Å². The van der Waals surface area contributed by atoms with Crippen molar-refractivity contribution >= 4 is 34.8 Å². The summed E-state index contributed by atoms with van der Waals surface area (Å²) >= 11 is 0. The number of esters is 1. The van der Waals surface area contributed by atoms with Crippen molar-refractivity contribution in [3.05, 3.63) is 120 Å². The summed E-state index contributed by atoms with van der Waals surface area (Å²) in [5.74, 6) is 10.0. The number of carboxylic acid groups (broad SMARTS) is 1. The standard InChI is InChI=1S/C24H21N3O4.C22H17N3O4.Li.H2O/c1-3-31-22(28)20-18-9-4-5-12-27(18)21(25-20)16-8-6-7-15(13-16)10-11-24(30)17-14-19(17)26(2)23(24)29;1-24-17-12-15(17)22(29,21(24)28)9-8-13-5-4-6-14(11-13)19-23-18(20(26)27)16-7-2-3-10-25(16)19;;/h4-9,12-13,17,19,30H,3,14H2,1-2H3;2-7,10-11,15,17,29H,12H2,1H3,(H,26,27);;1H2/q;;+1;/p-1. The first-order valence-corrected chi connectivity index (χ1v) is 19.4. The fourth-order valence-electron chi connectivity index (χ4n) is 8.36. The second kappa shape index (κ2) is 16.3. The van der Waals surface area contributed by atoms with E-state index in [1.807, 2.05) is 59.1 Å². The van der Waals surface area contributed by atoms with E-state index in [0.717, 1.165) is 18.4 Å². The molecule has 2 saturated heterocycles. The molecule has 4 aromatic heterocycles. The zero-order valence-electron chi connectivity index (χ0n) is 34.2. The van der Waals surface area contributed by atoms with Gasteiger partial charge in [-0.3, -0.25) is 18.4 Å². The molecular weight excluding hydrogens is 787 g/mol. The summed E-state index contributed by atoms with van der Waals surface area (Å²) < 4.78 is 8.69. The third-order valence-electron chi connectivity index (χ3n) is 11.7. The summed E-state index contributed by atoms with van der Waals surface area (Å²) in [6.45, 7) is 2.02. The van der Waals surface area contributed by atoms with E-state index >= 15 is 0 Å². The predicted molar refractivity (Wildman–Crippen MR) is 219 cm³/mol. The van der Waals surface area contributed by atoms with E-state index < -0.39 is 23.1 Å². The number of aromatic nitrogens is 4. The maximum absolute atomic E-state index is 12.4. The Morgan fingerprint density at radius 3 is 1.60 bits per heavy atom. The normalized spacial score (nSPS) is 23.6. The van der Waals surface area contributed by atoms with Crippen LogP contribution >= 0.6 is 0 Å². The maximum atomic E-state index is 12.4. The van der Waals surface area contributed by atoms with Gasteiger partial charge in [0.2, 0.25) is 11.2 Å². The topological polar surface area (TPSA) is 209 Å². The number of carboxylic acids is 1. The van der Waals surface area contributed by atoms with Crippen molar-refractivity contribution in [3.8, 4) is 46.5 Å². The molecule has 62 heavy (non-hydrogen) atoms. The van der Waals surface area contributed by atoms with Crippen molar-refractivity contribution in [2.75, 3.05) is 20.7 Å². The zero-order valence-corrected chi connectivity index (χ0v) is 34.2. The molecule has 6 unspecified atom stereocenters. The molecule has 0 bridgehead atoms. The van der Waals surface area contributed by atoms with Crippen LogP contribution in [0.4, 0.5) is 0 Å². The Labute approximate surface area is 367 Å². The van der Waals surface area contributed by atoms with Crippen LogP contribution in [0.5, 0.6) is 0 Å². The van der Waals surface area contributed by atoms with Crippen LogP contribution in [0.25, 0.3) is 33.8 Å². The number of likely N-dealkylation sites (tertiary alicyclic amines) is 2. The molecule has 0 spiro atoms. The van der Waals surface area contributed by atoms with Crippen molar-refractivity contribution < 1.29 is 63.6 Å². The molecule has 4 N–H and O–H groups in total. The van der Waals surface area contributed by atoms with E-state index in [0.29, 0.717) is 39.4 Å². The largest absolute Gasteiger partial charge is 1.00 e. The second-order valence-electron chi connectivity index (χ2n) is 15.4. The van der Waals surface area contributed by atoms with Gasteiger partial charge in [-0.25, -0.2) is 19.6 Å². The number of benzene rings is 2. The molecule has 15 nitrogen and oxygen atoms in total. The monoisotopic (exact) mass is 826 g/mol. The molecule has 10 rings (SSSR count). The van der Waals surface area contributed by atoms with Crippen LogP contribution < -0.4 is 18.9 Å². The minimum absolute atomic E-state index is 0. The van der Waals surface area contributed by atoms with E-state index in [2.05, 4.69) is 33.6 Å². The average molecular weight is 827 g/mol. The van der Waals surface area contributed by atoms with Gasteiger partial charge < -0.3 is 35.3 Å². The van der Waals surface area contributed by atoms with Crippen LogP contribution in [-0.4, -0.2) is 117 Å². The van der Waals surface area contributed by atoms with Gasteiger partial charge in [-0.2, -0.15) is 0 Å². The molecule has 2 amide bonds. The second-order valence-corrected chi connectivity index (χ2v) is 15.4. The molecule has 4 aliphatic rings. The SMILES string of the molecule is CCOC(=O)c1nc(-c2cccc(C#CC3(O)C(=O)N(C)C4CC43)c2)n2ccccc12.CN1C(=O)C(O)(C#Cc2cccc(-c3nc(C(=O)O)c4ccccn34)c2)C2CC21.[Li+].[OH-]. The molecular formula is C46H39LiN6O9. The molecule has 4 fully saturated rings. The number of amides is 2. The molecule has 6 atom stereocenters. The van der Waals surface area contributed by atoms with Crippen molar-refractivity contribution in [1.29, 1.82) is 0 Å². The fourth-order valence-corrected chi connectivity index (χ4v) is 8.36. The van der Waals surface area contributed by atoms with E-state index in [1.165, 1.54) is 0 Å². The number of likely N-dealkylation sites (N-methyl/N-ethyl adjacent to an activating group) is 2. The van der Waals surface area contributed by atoms with Crippen LogP contribution in [0, 0.1) is 35.5 Å². The van der Waals surface area contributed by atoms with Crippen LogP contribution in [0.1, 0.15) is 51.9 Å². The predicted octanol–water partition coefficient (Wildman–Crippen LogP) is 0.591. The molecule has 6 aromatic rings. The van der Waals surface area contributed by atoms with Gasteiger partial charge in [0.15, 0.2) is 11.4 Å². The summed E-state index contributed by atoms with van der Waals surface area (Å²) in [5.41, 5.74) is 0.843. The Balaban J connectivity index is 0.000000181. The molecule has 0 radical (unpaired) electrons. The number of ether oxygens (including phenoxy) is 1. The minimum atomic E-state index is -1.63. The number of aliphatic hydroxyl groups is 2. The van der Waals surface area contributed by atoms with Gasteiger partial charge in [0.05, 0.1) is 17.6 Å². The number of aromatic carboxylic acids is 1. The van der Waals surface area contributed by atoms with Crippen LogP contribution in [-0.2, 0) is 14.3 Å². The average Bonchev–Trinajstić information content (AvgIpc) is 4.15. The molecule has 16 heteroatoms. The number of carbonyl (C=O) groups excluding carboxylic acids is 3. The first-order valence-electron chi connectivity index (χ1n) is 19.4. The summed E-state index contributed by atoms with van der Waals surface area (Å²) in [7, 11) is 3.40. The van der Waals surface area contributed by atoms with Gasteiger partial charge in [-0.15, -0.1) is 0 Å². The quantitative estimate of drug-likeness (QED) is 0.125. The number of imidazole rings is 2. The van der Waals surface area contributed by atoms with E-state index in [9.17, 15) is 34.5 Å². The third kappa shape index (κ3) is 7.20. The van der Waals surface area contributed by atoms with Gasteiger partial charge in [-0.1, -0.05) is 60.1 Å². The van der Waals surface area contributed by atoms with Gasteiger partial charge in [0.25, 0.3) is 11.8 Å². The van der Waals surface area contributed by atoms with Crippen molar-refractivity contribution in [3.63, 3.8) is 0 Å². The molecule has 308 valence electrons. The van der Waals surface area contributed by atoms with Gasteiger partial charge in [-0.05, 0) is 68.3 Å². The summed E-state index contributed by atoms with van der Waals surface area (Å²) in [6.07, 6.45) is 5.14. The number of piperidine rings is 2. The zero-order chi connectivity index (χ0) is 42.1. The van der Waals surface area contributed by atoms with Crippen LogP contribution in [0.3, 0.4) is 0 Å².